The molecule has 86 valence electrons. The van der Waals surface area contributed by atoms with Gasteiger partial charge < -0.3 is 14.9 Å². The Hall–Kier alpha value is -0.870. The van der Waals surface area contributed by atoms with Crippen molar-refractivity contribution < 1.29 is 19.7 Å². The highest BCUT2D eigenvalue weighted by molar-refractivity contribution is 5.79. The first kappa shape index (κ1) is 12.2. The Balaban J connectivity index is 2.27. The number of aliphatic carboxylic acids is 1. The molecule has 1 saturated heterocycles. The zero-order valence-electron chi connectivity index (χ0n) is 8.93. The molecule has 2 N–H and O–H groups in total. The van der Waals surface area contributed by atoms with Crippen LogP contribution in [0.2, 0.25) is 0 Å². The van der Waals surface area contributed by atoms with Crippen molar-refractivity contribution in [1.82, 2.24) is 0 Å². The topological polar surface area (TPSA) is 66.8 Å². The fourth-order valence-corrected chi connectivity index (χ4v) is 1.78. The van der Waals surface area contributed by atoms with Crippen LogP contribution in [-0.4, -0.2) is 35.0 Å². The van der Waals surface area contributed by atoms with E-state index in [0.717, 1.165) is 12.5 Å². The molecule has 3 unspecified atom stereocenters. The van der Waals surface area contributed by atoms with Gasteiger partial charge >= 0.3 is 5.97 Å². The van der Waals surface area contributed by atoms with Crippen LogP contribution in [0.3, 0.4) is 0 Å². The van der Waals surface area contributed by atoms with E-state index in [9.17, 15) is 9.90 Å². The van der Waals surface area contributed by atoms with Gasteiger partial charge in [-0.2, -0.15) is 0 Å². The van der Waals surface area contributed by atoms with Gasteiger partial charge in [0.25, 0.3) is 0 Å². The molecule has 0 saturated carbocycles. The van der Waals surface area contributed by atoms with Gasteiger partial charge in [0.05, 0.1) is 18.8 Å². The van der Waals surface area contributed by atoms with Crippen LogP contribution in [0.1, 0.15) is 26.2 Å². The maximum atomic E-state index is 10.2. The largest absolute Gasteiger partial charge is 0.478 e. The molecule has 0 amide bonds. The van der Waals surface area contributed by atoms with Gasteiger partial charge in [-0.25, -0.2) is 4.79 Å². The molecule has 0 bridgehead atoms. The second kappa shape index (κ2) is 5.88. The van der Waals surface area contributed by atoms with Gasteiger partial charge in [0, 0.05) is 6.08 Å². The number of rotatable bonds is 5. The van der Waals surface area contributed by atoms with E-state index >= 15 is 0 Å². The third kappa shape index (κ3) is 4.01. The predicted octanol–water partition coefficient (Wildman–Crippen LogP) is 1.19. The summed E-state index contributed by atoms with van der Waals surface area (Å²) in [4.78, 5) is 10.2. The summed E-state index contributed by atoms with van der Waals surface area (Å²) < 4.78 is 5.44. The molecule has 1 rings (SSSR count). The van der Waals surface area contributed by atoms with Crippen LogP contribution in [0.4, 0.5) is 0 Å². The third-order valence-corrected chi connectivity index (χ3v) is 2.69. The molecule has 4 heteroatoms. The highest BCUT2D eigenvalue weighted by atomic mass is 16.5. The Bertz CT molecular complexity index is 237. The molecule has 3 atom stereocenters. The number of hydrogen-bond acceptors (Lipinski definition) is 3. The summed E-state index contributed by atoms with van der Waals surface area (Å²) in [6.07, 6.45) is 4.57. The van der Waals surface area contributed by atoms with Crippen molar-refractivity contribution >= 4 is 5.97 Å². The molecule has 15 heavy (non-hydrogen) atoms. The molecule has 1 fully saturated rings. The van der Waals surface area contributed by atoms with E-state index in [2.05, 4.69) is 0 Å². The lowest BCUT2D eigenvalue weighted by Gasteiger charge is -2.14. The molecule has 0 radical (unpaired) electrons. The molecule has 0 aromatic heterocycles. The standard InChI is InChI=1S/C11H18O4/c1-2-9(12)10-6-8(7-15-10)4-3-5-11(13)14/h3,5,8-10,12H,2,4,6-7H2,1H3,(H,13,14). The predicted molar refractivity (Wildman–Crippen MR) is 55.5 cm³/mol. The molecule has 0 aromatic carbocycles. The summed E-state index contributed by atoms with van der Waals surface area (Å²) in [6.45, 7) is 2.54. The normalized spacial score (nSPS) is 28.4. The second-order valence-corrected chi connectivity index (χ2v) is 3.93. The monoisotopic (exact) mass is 214 g/mol. The molecule has 0 aliphatic carbocycles. The van der Waals surface area contributed by atoms with E-state index in [4.69, 9.17) is 9.84 Å². The van der Waals surface area contributed by atoms with Crippen LogP contribution in [0, 0.1) is 5.92 Å². The lowest BCUT2D eigenvalue weighted by atomic mass is 9.98. The minimum absolute atomic E-state index is 0.0711. The molecule has 1 heterocycles. The summed E-state index contributed by atoms with van der Waals surface area (Å²) in [5, 5.41) is 18.0. The quantitative estimate of drug-likeness (QED) is 0.675. The Labute approximate surface area is 89.6 Å². The lowest BCUT2D eigenvalue weighted by molar-refractivity contribution is -0.131. The van der Waals surface area contributed by atoms with Crippen molar-refractivity contribution in [2.75, 3.05) is 6.61 Å². The second-order valence-electron chi connectivity index (χ2n) is 3.93. The first-order valence-corrected chi connectivity index (χ1v) is 5.32. The van der Waals surface area contributed by atoms with Gasteiger partial charge in [-0.3, -0.25) is 0 Å². The number of aliphatic hydroxyl groups excluding tert-OH is 1. The number of hydrogen-bond donors (Lipinski definition) is 2. The number of ether oxygens (including phenoxy) is 1. The highest BCUT2D eigenvalue weighted by Crippen LogP contribution is 2.25. The summed E-state index contributed by atoms with van der Waals surface area (Å²) in [5.74, 6) is -0.578. The van der Waals surface area contributed by atoms with E-state index in [-0.39, 0.29) is 6.10 Å². The van der Waals surface area contributed by atoms with Crippen LogP contribution in [0.15, 0.2) is 12.2 Å². The average molecular weight is 214 g/mol. The van der Waals surface area contributed by atoms with Crippen LogP contribution in [0.25, 0.3) is 0 Å². The summed E-state index contributed by atoms with van der Waals surface area (Å²) >= 11 is 0. The zero-order valence-corrected chi connectivity index (χ0v) is 8.93. The Kier molecular flexibility index (Phi) is 4.78. The van der Waals surface area contributed by atoms with Crippen LogP contribution >= 0.6 is 0 Å². The zero-order chi connectivity index (χ0) is 11.3. The number of carbonyl (C=O) groups is 1. The number of allylic oxidation sites excluding steroid dienone is 1. The Morgan fingerprint density at radius 1 is 1.67 bits per heavy atom. The molecule has 1 aliphatic heterocycles. The van der Waals surface area contributed by atoms with Crippen LogP contribution in [0.5, 0.6) is 0 Å². The number of carboxylic acids is 1. The fourth-order valence-electron chi connectivity index (χ4n) is 1.78. The van der Waals surface area contributed by atoms with Crippen molar-refractivity contribution in [3.63, 3.8) is 0 Å². The Morgan fingerprint density at radius 3 is 3.00 bits per heavy atom. The molecule has 4 nitrogen and oxygen atoms in total. The molecular formula is C11H18O4. The minimum Gasteiger partial charge on any atom is -0.478 e. The van der Waals surface area contributed by atoms with Gasteiger partial charge in [-0.15, -0.1) is 0 Å². The summed E-state index contributed by atoms with van der Waals surface area (Å²) in [6, 6.07) is 0. The summed E-state index contributed by atoms with van der Waals surface area (Å²) in [5.41, 5.74) is 0. The van der Waals surface area contributed by atoms with Gasteiger partial charge in [-0.1, -0.05) is 13.0 Å². The fraction of sp³-hybridized carbons (Fsp3) is 0.727. The van der Waals surface area contributed by atoms with Crippen LogP contribution < -0.4 is 0 Å². The van der Waals surface area contributed by atoms with E-state index in [1.165, 1.54) is 0 Å². The van der Waals surface area contributed by atoms with Gasteiger partial charge in [0.1, 0.15) is 0 Å². The van der Waals surface area contributed by atoms with E-state index in [1.807, 2.05) is 6.92 Å². The van der Waals surface area contributed by atoms with E-state index < -0.39 is 12.1 Å². The smallest absolute Gasteiger partial charge is 0.327 e. The van der Waals surface area contributed by atoms with Gasteiger partial charge in [0.2, 0.25) is 0 Å². The third-order valence-electron chi connectivity index (χ3n) is 2.69. The van der Waals surface area contributed by atoms with Gasteiger partial charge in [-0.05, 0) is 25.2 Å². The Morgan fingerprint density at radius 2 is 2.40 bits per heavy atom. The highest BCUT2D eigenvalue weighted by Gasteiger charge is 2.29. The SMILES string of the molecule is CCC(O)C1CC(CC=CC(=O)O)CO1. The van der Waals surface area contributed by atoms with Crippen molar-refractivity contribution in [2.45, 2.75) is 38.4 Å². The van der Waals surface area contributed by atoms with E-state index in [0.29, 0.717) is 25.4 Å². The van der Waals surface area contributed by atoms with Crippen LogP contribution in [-0.2, 0) is 9.53 Å². The van der Waals surface area contributed by atoms with E-state index in [1.54, 1.807) is 6.08 Å². The maximum absolute atomic E-state index is 10.2. The molecule has 0 aromatic rings. The molecule has 0 spiro atoms. The molecule has 1 aliphatic rings. The van der Waals surface area contributed by atoms with Crippen molar-refractivity contribution in [1.29, 1.82) is 0 Å². The van der Waals surface area contributed by atoms with Gasteiger partial charge in [0.15, 0.2) is 0 Å². The molecular weight excluding hydrogens is 196 g/mol. The van der Waals surface area contributed by atoms with Crippen molar-refractivity contribution in [3.05, 3.63) is 12.2 Å². The first-order valence-electron chi connectivity index (χ1n) is 5.32. The lowest BCUT2D eigenvalue weighted by Crippen LogP contribution is -2.24. The minimum atomic E-state index is -0.918. The number of carboxylic acid groups (broad SMARTS) is 1. The van der Waals surface area contributed by atoms with Crippen molar-refractivity contribution in [3.8, 4) is 0 Å². The maximum Gasteiger partial charge on any atom is 0.327 e. The van der Waals surface area contributed by atoms with Crippen molar-refractivity contribution in [2.24, 2.45) is 5.92 Å². The summed E-state index contributed by atoms with van der Waals surface area (Å²) in [7, 11) is 0. The average Bonchev–Trinajstić information content (AvgIpc) is 2.65. The first-order chi connectivity index (χ1) is 7.13. The number of aliphatic hydroxyl groups is 1.